The number of carbonyl (C=O) groups is 2. The summed E-state index contributed by atoms with van der Waals surface area (Å²) in [5, 5.41) is 15.0. The summed E-state index contributed by atoms with van der Waals surface area (Å²) in [5.41, 5.74) is 1.85. The second kappa shape index (κ2) is 8.55. The van der Waals surface area contributed by atoms with Crippen molar-refractivity contribution in [3.8, 4) is 10.7 Å². The van der Waals surface area contributed by atoms with E-state index in [0.29, 0.717) is 17.4 Å². The summed E-state index contributed by atoms with van der Waals surface area (Å²) in [6, 6.07) is 11.5. The number of benzene rings is 1. The molecule has 8 nitrogen and oxygen atoms in total. The SMILES string of the molecule is CC(C)c1ccc(N2C(=O)C[C@@H](N3CCC(n4nnc(-c5cccs5)n4)CC3)C2=O)cc1. The van der Waals surface area contributed by atoms with Gasteiger partial charge in [0.2, 0.25) is 11.7 Å². The fourth-order valence-corrected chi connectivity index (χ4v) is 5.14. The lowest BCUT2D eigenvalue weighted by molar-refractivity contribution is -0.123. The van der Waals surface area contributed by atoms with E-state index in [1.165, 1.54) is 10.5 Å². The van der Waals surface area contributed by atoms with E-state index >= 15 is 0 Å². The first-order valence-electron chi connectivity index (χ1n) is 11.1. The molecule has 0 spiro atoms. The normalized spacial score (nSPS) is 20.6. The Bertz CT molecular complexity index is 1100. The van der Waals surface area contributed by atoms with Crippen LogP contribution in [0.4, 0.5) is 5.69 Å². The number of hydrogen-bond donors (Lipinski definition) is 0. The molecule has 0 bridgehead atoms. The van der Waals surface area contributed by atoms with E-state index in [2.05, 4.69) is 34.2 Å². The van der Waals surface area contributed by atoms with Gasteiger partial charge in [0, 0.05) is 13.1 Å². The number of tetrazole rings is 1. The largest absolute Gasteiger partial charge is 0.291 e. The maximum Gasteiger partial charge on any atom is 0.251 e. The molecule has 2 amide bonds. The van der Waals surface area contributed by atoms with E-state index in [1.807, 2.05) is 41.8 Å². The Balaban J connectivity index is 1.23. The first kappa shape index (κ1) is 21.0. The van der Waals surface area contributed by atoms with Crippen molar-refractivity contribution in [1.29, 1.82) is 0 Å². The number of amides is 2. The number of piperidine rings is 1. The molecule has 5 rings (SSSR count). The Labute approximate surface area is 190 Å². The third kappa shape index (κ3) is 3.86. The van der Waals surface area contributed by atoms with Gasteiger partial charge in [-0.15, -0.1) is 21.5 Å². The number of imide groups is 1. The van der Waals surface area contributed by atoms with Crippen LogP contribution >= 0.6 is 11.3 Å². The lowest BCUT2D eigenvalue weighted by atomic mass is 10.0. The molecule has 2 aliphatic rings. The van der Waals surface area contributed by atoms with Gasteiger partial charge in [-0.3, -0.25) is 14.5 Å². The topological polar surface area (TPSA) is 84.2 Å². The van der Waals surface area contributed by atoms with Gasteiger partial charge in [-0.05, 0) is 53.1 Å². The van der Waals surface area contributed by atoms with Crippen LogP contribution in [0.5, 0.6) is 0 Å². The summed E-state index contributed by atoms with van der Waals surface area (Å²) < 4.78 is 0. The summed E-state index contributed by atoms with van der Waals surface area (Å²) in [6.45, 7) is 5.70. The van der Waals surface area contributed by atoms with Crippen molar-refractivity contribution < 1.29 is 9.59 Å². The molecular formula is C23H26N6O2S. The van der Waals surface area contributed by atoms with Crippen LogP contribution < -0.4 is 4.90 Å². The van der Waals surface area contributed by atoms with Crippen LogP contribution in [0.3, 0.4) is 0 Å². The lowest BCUT2D eigenvalue weighted by Gasteiger charge is -2.34. The molecule has 0 aliphatic carbocycles. The minimum absolute atomic E-state index is 0.121. The number of aromatic nitrogens is 4. The summed E-state index contributed by atoms with van der Waals surface area (Å²) in [6.07, 6.45) is 1.88. The van der Waals surface area contributed by atoms with Gasteiger partial charge in [-0.2, -0.15) is 4.80 Å². The van der Waals surface area contributed by atoms with Gasteiger partial charge in [-0.1, -0.05) is 32.0 Å². The van der Waals surface area contributed by atoms with Gasteiger partial charge in [-0.25, -0.2) is 4.90 Å². The third-order valence-corrected chi connectivity index (χ3v) is 7.24. The molecule has 2 aromatic heterocycles. The van der Waals surface area contributed by atoms with Crippen molar-refractivity contribution in [3.63, 3.8) is 0 Å². The number of nitrogens with zero attached hydrogens (tertiary/aromatic N) is 6. The van der Waals surface area contributed by atoms with Gasteiger partial charge >= 0.3 is 0 Å². The fraction of sp³-hybridized carbons (Fsp3) is 0.435. The summed E-state index contributed by atoms with van der Waals surface area (Å²) >= 11 is 1.59. The number of thiophene rings is 1. The van der Waals surface area contributed by atoms with Crippen LogP contribution in [-0.2, 0) is 9.59 Å². The standard InChI is InChI=1S/C23H26N6O2S/c1-15(2)16-5-7-17(8-6-16)28-21(30)14-19(23(28)31)27-11-9-18(10-12-27)29-25-22(24-26-29)20-4-3-13-32-20/h3-8,13,15,18-19H,9-12,14H2,1-2H3/t19-/m1/s1. The summed E-state index contributed by atoms with van der Waals surface area (Å²) in [4.78, 5) is 32.0. The zero-order valence-electron chi connectivity index (χ0n) is 18.2. The highest BCUT2D eigenvalue weighted by molar-refractivity contribution is 7.13. The molecule has 0 unspecified atom stereocenters. The van der Waals surface area contributed by atoms with Crippen molar-refractivity contribution in [3.05, 3.63) is 47.3 Å². The zero-order valence-corrected chi connectivity index (χ0v) is 19.0. The van der Waals surface area contributed by atoms with Gasteiger partial charge in [0.05, 0.1) is 29.1 Å². The summed E-state index contributed by atoms with van der Waals surface area (Å²) in [5.74, 6) is 0.810. The highest BCUT2D eigenvalue weighted by Crippen LogP contribution is 2.31. The molecule has 0 saturated carbocycles. The molecule has 2 aliphatic heterocycles. The molecule has 0 N–H and O–H groups in total. The second-order valence-corrected chi connectivity index (χ2v) is 9.66. The molecule has 2 saturated heterocycles. The lowest BCUT2D eigenvalue weighted by Crippen LogP contribution is -2.46. The molecule has 0 radical (unpaired) electrons. The molecule has 2 fully saturated rings. The Morgan fingerprint density at radius 1 is 1.06 bits per heavy atom. The molecule has 3 aromatic rings. The van der Waals surface area contributed by atoms with Crippen molar-refractivity contribution in [2.24, 2.45) is 0 Å². The van der Waals surface area contributed by atoms with Crippen molar-refractivity contribution in [1.82, 2.24) is 25.1 Å². The van der Waals surface area contributed by atoms with Crippen LogP contribution in [0.2, 0.25) is 0 Å². The Kier molecular flexibility index (Phi) is 5.60. The van der Waals surface area contributed by atoms with Crippen molar-refractivity contribution >= 4 is 28.8 Å². The van der Waals surface area contributed by atoms with Gasteiger partial charge in [0.1, 0.15) is 0 Å². The predicted octanol–water partition coefficient (Wildman–Crippen LogP) is 3.49. The number of carbonyl (C=O) groups excluding carboxylic acids is 2. The Morgan fingerprint density at radius 3 is 2.47 bits per heavy atom. The van der Waals surface area contributed by atoms with Gasteiger partial charge in [0.25, 0.3) is 5.91 Å². The zero-order chi connectivity index (χ0) is 22.2. The summed E-state index contributed by atoms with van der Waals surface area (Å²) in [7, 11) is 0. The monoisotopic (exact) mass is 450 g/mol. The number of hydrogen-bond acceptors (Lipinski definition) is 7. The first-order chi connectivity index (χ1) is 15.5. The number of anilines is 1. The van der Waals surface area contributed by atoms with Crippen LogP contribution in [0.25, 0.3) is 10.7 Å². The van der Waals surface area contributed by atoms with E-state index in [1.54, 1.807) is 16.1 Å². The van der Waals surface area contributed by atoms with Crippen LogP contribution in [0.1, 0.15) is 50.6 Å². The van der Waals surface area contributed by atoms with Crippen LogP contribution in [0.15, 0.2) is 41.8 Å². The maximum atomic E-state index is 13.1. The van der Waals surface area contributed by atoms with Crippen molar-refractivity contribution in [2.75, 3.05) is 18.0 Å². The molecule has 4 heterocycles. The average molecular weight is 451 g/mol. The first-order valence-corrected chi connectivity index (χ1v) is 11.9. The van der Waals surface area contributed by atoms with E-state index < -0.39 is 6.04 Å². The molecule has 166 valence electrons. The van der Waals surface area contributed by atoms with E-state index in [0.717, 1.165) is 30.8 Å². The quantitative estimate of drug-likeness (QED) is 0.553. The molecule has 1 aromatic carbocycles. The average Bonchev–Trinajstić information content (AvgIpc) is 3.54. The molecule has 9 heteroatoms. The maximum absolute atomic E-state index is 13.1. The van der Waals surface area contributed by atoms with Crippen LogP contribution in [0, 0.1) is 0 Å². The van der Waals surface area contributed by atoms with E-state index in [4.69, 9.17) is 0 Å². The van der Waals surface area contributed by atoms with Gasteiger partial charge < -0.3 is 0 Å². The van der Waals surface area contributed by atoms with Crippen LogP contribution in [-0.4, -0.2) is 56.1 Å². The van der Waals surface area contributed by atoms with Crippen molar-refractivity contribution in [2.45, 2.75) is 51.1 Å². The van der Waals surface area contributed by atoms with E-state index in [-0.39, 0.29) is 24.3 Å². The molecular weight excluding hydrogens is 424 g/mol. The predicted molar refractivity (Wildman–Crippen MR) is 122 cm³/mol. The second-order valence-electron chi connectivity index (χ2n) is 8.71. The van der Waals surface area contributed by atoms with E-state index in [9.17, 15) is 9.59 Å². The Hall–Kier alpha value is -2.91. The highest BCUT2D eigenvalue weighted by atomic mass is 32.1. The smallest absolute Gasteiger partial charge is 0.251 e. The molecule has 32 heavy (non-hydrogen) atoms. The van der Waals surface area contributed by atoms with Gasteiger partial charge in [0.15, 0.2) is 0 Å². The highest BCUT2D eigenvalue weighted by Gasteiger charge is 2.43. The molecule has 1 atom stereocenters. The number of rotatable bonds is 5. The Morgan fingerprint density at radius 2 is 1.81 bits per heavy atom. The fourth-order valence-electron chi connectivity index (χ4n) is 4.49. The third-order valence-electron chi connectivity index (χ3n) is 6.38. The minimum atomic E-state index is -0.390. The minimum Gasteiger partial charge on any atom is -0.291 e. The number of likely N-dealkylation sites (tertiary alicyclic amines) is 1.